The predicted molar refractivity (Wildman–Crippen MR) is 101 cm³/mol. The van der Waals surface area contributed by atoms with Crippen molar-refractivity contribution in [1.29, 1.82) is 0 Å². The van der Waals surface area contributed by atoms with E-state index in [2.05, 4.69) is 15.2 Å². The Morgan fingerprint density at radius 3 is 2.41 bits per heavy atom. The van der Waals surface area contributed by atoms with E-state index in [1.54, 1.807) is 41.6 Å². The van der Waals surface area contributed by atoms with Gasteiger partial charge < -0.3 is 9.80 Å². The van der Waals surface area contributed by atoms with Crippen LogP contribution in [0.2, 0.25) is 0 Å². The highest BCUT2D eigenvalue weighted by atomic mass is 19.4. The van der Waals surface area contributed by atoms with E-state index >= 15 is 0 Å². The first-order chi connectivity index (χ1) is 13.9. The molecule has 1 aliphatic heterocycles. The number of pyridine rings is 1. The number of aromatic nitrogens is 3. The predicted octanol–water partition coefficient (Wildman–Crippen LogP) is 3.45. The van der Waals surface area contributed by atoms with E-state index < -0.39 is 11.7 Å². The highest BCUT2D eigenvalue weighted by Crippen LogP contribution is 2.32. The van der Waals surface area contributed by atoms with Crippen molar-refractivity contribution in [2.75, 3.05) is 31.1 Å². The Kier molecular flexibility index (Phi) is 4.96. The number of H-pyrrole nitrogens is 1. The molecule has 0 bridgehead atoms. The summed E-state index contributed by atoms with van der Waals surface area (Å²) in [6.45, 7) is 1.74. The second-order valence-corrected chi connectivity index (χ2v) is 6.73. The lowest BCUT2D eigenvalue weighted by molar-refractivity contribution is -0.137. The summed E-state index contributed by atoms with van der Waals surface area (Å²) in [6, 6.07) is 10.6. The lowest BCUT2D eigenvalue weighted by Gasteiger charge is -2.36. The number of hydrogen-bond acceptors (Lipinski definition) is 4. The number of carbonyl (C=O) groups is 1. The molecule has 0 unspecified atom stereocenters. The minimum Gasteiger partial charge on any atom is -0.368 e. The smallest absolute Gasteiger partial charge is 0.368 e. The zero-order valence-electron chi connectivity index (χ0n) is 15.4. The average Bonchev–Trinajstić information content (AvgIpc) is 3.24. The Bertz CT molecular complexity index is 995. The van der Waals surface area contributed by atoms with Gasteiger partial charge in [-0.05, 0) is 36.4 Å². The third-order valence-corrected chi connectivity index (χ3v) is 4.89. The van der Waals surface area contributed by atoms with Gasteiger partial charge in [-0.25, -0.2) is 0 Å². The summed E-state index contributed by atoms with van der Waals surface area (Å²) in [6.07, 6.45) is -1.07. The SMILES string of the molecule is O=C(c1cc(-c2ccncc2)n[nH]1)N1CCN(c2cccc(C(F)(F)F)c2)CC1. The maximum atomic E-state index is 12.9. The molecular formula is C20H18F3N5O. The fourth-order valence-corrected chi connectivity index (χ4v) is 3.32. The van der Waals surface area contributed by atoms with Gasteiger partial charge in [0, 0.05) is 49.8 Å². The van der Waals surface area contributed by atoms with Gasteiger partial charge in [-0.15, -0.1) is 0 Å². The normalized spacial score (nSPS) is 14.9. The number of aromatic amines is 1. The lowest BCUT2D eigenvalue weighted by atomic mass is 10.1. The fourth-order valence-electron chi connectivity index (χ4n) is 3.32. The fraction of sp³-hybridized carbons (Fsp3) is 0.250. The number of alkyl halides is 3. The van der Waals surface area contributed by atoms with Gasteiger partial charge in [0.25, 0.3) is 5.91 Å². The Balaban J connectivity index is 1.41. The van der Waals surface area contributed by atoms with Gasteiger partial charge in [0.1, 0.15) is 5.69 Å². The van der Waals surface area contributed by atoms with Crippen LogP contribution in [0.3, 0.4) is 0 Å². The number of halogens is 3. The molecule has 0 spiro atoms. The van der Waals surface area contributed by atoms with Crippen molar-refractivity contribution in [3.05, 3.63) is 66.1 Å². The number of hydrogen-bond donors (Lipinski definition) is 1. The summed E-state index contributed by atoms with van der Waals surface area (Å²) >= 11 is 0. The molecule has 3 aromatic rings. The highest BCUT2D eigenvalue weighted by molar-refractivity contribution is 5.93. The van der Waals surface area contributed by atoms with Crippen LogP contribution in [-0.4, -0.2) is 52.2 Å². The summed E-state index contributed by atoms with van der Waals surface area (Å²) in [7, 11) is 0. The summed E-state index contributed by atoms with van der Waals surface area (Å²) in [4.78, 5) is 20.2. The molecule has 1 aromatic carbocycles. The molecule has 6 nitrogen and oxygen atoms in total. The zero-order chi connectivity index (χ0) is 20.4. The Labute approximate surface area is 165 Å². The van der Waals surface area contributed by atoms with E-state index in [1.165, 1.54) is 6.07 Å². The molecule has 1 aliphatic rings. The van der Waals surface area contributed by atoms with Gasteiger partial charge in [0.05, 0.1) is 11.3 Å². The standard InChI is InChI=1S/C20H18F3N5O/c21-20(22,23)15-2-1-3-16(12-15)27-8-10-28(11-9-27)19(29)18-13-17(25-26-18)14-4-6-24-7-5-14/h1-7,12-13H,8-11H2,(H,25,26). The molecule has 0 saturated carbocycles. The maximum Gasteiger partial charge on any atom is 0.416 e. The lowest BCUT2D eigenvalue weighted by Crippen LogP contribution is -2.49. The number of amides is 1. The van der Waals surface area contributed by atoms with Crippen LogP contribution in [0.25, 0.3) is 11.3 Å². The van der Waals surface area contributed by atoms with Crippen molar-refractivity contribution in [3.63, 3.8) is 0 Å². The van der Waals surface area contributed by atoms with Crippen molar-refractivity contribution in [3.8, 4) is 11.3 Å². The minimum atomic E-state index is -4.37. The van der Waals surface area contributed by atoms with Crippen LogP contribution >= 0.6 is 0 Å². The van der Waals surface area contributed by atoms with E-state index in [0.29, 0.717) is 43.3 Å². The van der Waals surface area contributed by atoms with E-state index in [4.69, 9.17) is 0 Å². The number of rotatable bonds is 3. The Morgan fingerprint density at radius 1 is 1.00 bits per heavy atom. The molecule has 4 rings (SSSR count). The number of benzene rings is 1. The topological polar surface area (TPSA) is 65.1 Å². The summed E-state index contributed by atoms with van der Waals surface area (Å²) in [5.41, 5.74) is 1.72. The minimum absolute atomic E-state index is 0.179. The van der Waals surface area contributed by atoms with Crippen molar-refractivity contribution >= 4 is 11.6 Å². The first kappa shape index (κ1) is 19.0. The van der Waals surface area contributed by atoms with Gasteiger partial charge in [-0.2, -0.15) is 18.3 Å². The third-order valence-electron chi connectivity index (χ3n) is 4.89. The molecule has 3 heterocycles. The molecule has 0 radical (unpaired) electrons. The number of piperazine rings is 1. The highest BCUT2D eigenvalue weighted by Gasteiger charge is 2.31. The molecule has 0 atom stereocenters. The molecule has 150 valence electrons. The molecule has 1 N–H and O–H groups in total. The molecule has 1 amide bonds. The van der Waals surface area contributed by atoms with Crippen LogP contribution in [0.5, 0.6) is 0 Å². The van der Waals surface area contributed by atoms with Crippen LogP contribution in [0.1, 0.15) is 16.1 Å². The number of nitrogens with one attached hydrogen (secondary N) is 1. The van der Waals surface area contributed by atoms with Crippen molar-refractivity contribution in [2.24, 2.45) is 0 Å². The van der Waals surface area contributed by atoms with E-state index in [-0.39, 0.29) is 5.91 Å². The summed E-state index contributed by atoms with van der Waals surface area (Å²) in [5, 5.41) is 6.95. The molecule has 9 heteroatoms. The van der Waals surface area contributed by atoms with Gasteiger partial charge in [0.15, 0.2) is 0 Å². The monoisotopic (exact) mass is 401 g/mol. The second-order valence-electron chi connectivity index (χ2n) is 6.73. The molecule has 1 saturated heterocycles. The van der Waals surface area contributed by atoms with Crippen molar-refractivity contribution in [2.45, 2.75) is 6.18 Å². The van der Waals surface area contributed by atoms with E-state index in [1.807, 2.05) is 4.90 Å². The number of nitrogens with zero attached hydrogens (tertiary/aromatic N) is 4. The van der Waals surface area contributed by atoms with Gasteiger partial charge in [-0.1, -0.05) is 6.07 Å². The quantitative estimate of drug-likeness (QED) is 0.730. The first-order valence-corrected chi connectivity index (χ1v) is 9.09. The van der Waals surface area contributed by atoms with Crippen molar-refractivity contribution in [1.82, 2.24) is 20.1 Å². The molecule has 29 heavy (non-hydrogen) atoms. The summed E-state index contributed by atoms with van der Waals surface area (Å²) in [5.74, 6) is -0.179. The zero-order valence-corrected chi connectivity index (χ0v) is 15.4. The van der Waals surface area contributed by atoms with E-state index in [9.17, 15) is 18.0 Å². The number of carbonyl (C=O) groups excluding carboxylic acids is 1. The Morgan fingerprint density at radius 2 is 1.72 bits per heavy atom. The molecule has 2 aromatic heterocycles. The molecule has 0 aliphatic carbocycles. The van der Waals surface area contributed by atoms with Crippen LogP contribution in [0, 0.1) is 0 Å². The molecular weight excluding hydrogens is 383 g/mol. The van der Waals surface area contributed by atoms with Gasteiger partial charge in [0.2, 0.25) is 0 Å². The van der Waals surface area contributed by atoms with Crippen LogP contribution in [-0.2, 0) is 6.18 Å². The van der Waals surface area contributed by atoms with Crippen LogP contribution < -0.4 is 4.90 Å². The largest absolute Gasteiger partial charge is 0.416 e. The second kappa shape index (κ2) is 7.57. The van der Waals surface area contributed by atoms with Crippen LogP contribution in [0.15, 0.2) is 54.9 Å². The van der Waals surface area contributed by atoms with E-state index in [0.717, 1.165) is 17.7 Å². The summed E-state index contributed by atoms with van der Waals surface area (Å²) < 4.78 is 38.8. The maximum absolute atomic E-state index is 12.9. The van der Waals surface area contributed by atoms with Crippen molar-refractivity contribution < 1.29 is 18.0 Å². The average molecular weight is 401 g/mol. The van der Waals surface area contributed by atoms with Gasteiger partial charge in [-0.3, -0.25) is 14.9 Å². The van der Waals surface area contributed by atoms with Gasteiger partial charge >= 0.3 is 6.18 Å². The third kappa shape index (κ3) is 4.08. The Hall–Kier alpha value is -3.36. The van der Waals surface area contributed by atoms with Crippen LogP contribution in [0.4, 0.5) is 18.9 Å². The number of anilines is 1. The molecule has 1 fully saturated rings. The first-order valence-electron chi connectivity index (χ1n) is 9.09.